The Labute approximate surface area is 108 Å². The number of methoxy groups -OCH3 is 1. The van der Waals surface area contributed by atoms with Gasteiger partial charge < -0.3 is 14.5 Å². The molecule has 0 atom stereocenters. The van der Waals surface area contributed by atoms with Gasteiger partial charge >= 0.3 is 0 Å². The van der Waals surface area contributed by atoms with E-state index in [1.54, 1.807) is 6.07 Å². The van der Waals surface area contributed by atoms with Crippen LogP contribution >= 0.6 is 0 Å². The molecule has 0 saturated heterocycles. The predicted octanol–water partition coefficient (Wildman–Crippen LogP) is 1.56. The average molecular weight is 262 g/mol. The van der Waals surface area contributed by atoms with Crippen LogP contribution in [0.1, 0.15) is 5.56 Å². The largest absolute Gasteiger partial charge is 0.488 e. The van der Waals surface area contributed by atoms with Crippen molar-refractivity contribution in [3.63, 3.8) is 0 Å². The van der Waals surface area contributed by atoms with Crippen molar-refractivity contribution in [3.8, 4) is 11.8 Å². The summed E-state index contributed by atoms with van der Waals surface area (Å²) in [6, 6.07) is 4.23. The maximum absolute atomic E-state index is 13.7. The number of benzene rings is 1. The minimum atomic E-state index is -0.580. The predicted molar refractivity (Wildman–Crippen MR) is 66.6 cm³/mol. The average Bonchev–Trinajstić information content (AvgIpc) is 2.41. The van der Waals surface area contributed by atoms with Gasteiger partial charge in [-0.3, -0.25) is 4.79 Å². The number of fused-ring (bicyclic) bond motifs is 1. The fraction of sp³-hybridized carbons (Fsp3) is 0.231. The van der Waals surface area contributed by atoms with Crippen molar-refractivity contribution in [3.05, 3.63) is 39.9 Å². The van der Waals surface area contributed by atoms with Gasteiger partial charge in [-0.25, -0.2) is 4.39 Å². The topological polar surface area (TPSA) is 75.1 Å². The Hall–Kier alpha value is -2.39. The van der Waals surface area contributed by atoms with Gasteiger partial charge in [0, 0.05) is 19.4 Å². The fourth-order valence-electron chi connectivity index (χ4n) is 1.65. The van der Waals surface area contributed by atoms with Crippen LogP contribution in [0.15, 0.2) is 23.1 Å². The summed E-state index contributed by atoms with van der Waals surface area (Å²) in [5.74, 6) is -0.617. The lowest BCUT2D eigenvalue weighted by molar-refractivity contribution is 0.144. The number of H-pyrrole nitrogens is 1. The summed E-state index contributed by atoms with van der Waals surface area (Å²) in [4.78, 5) is 14.6. The van der Waals surface area contributed by atoms with Crippen molar-refractivity contribution in [2.45, 2.75) is 0 Å². The van der Waals surface area contributed by atoms with Gasteiger partial charge in [0.1, 0.15) is 18.2 Å². The highest BCUT2D eigenvalue weighted by Crippen LogP contribution is 2.22. The maximum atomic E-state index is 13.7. The molecule has 5 nitrogen and oxygen atoms in total. The molecule has 0 radical (unpaired) electrons. The number of hydrogen-bond donors (Lipinski definition) is 1. The molecule has 2 rings (SSSR count). The molecular weight excluding hydrogens is 251 g/mol. The van der Waals surface area contributed by atoms with E-state index < -0.39 is 11.2 Å². The molecule has 1 N–H and O–H groups in total. The minimum absolute atomic E-state index is 0.0260. The Morgan fingerprint density at radius 2 is 2.21 bits per heavy atom. The van der Waals surface area contributed by atoms with E-state index >= 15 is 0 Å². The number of halogens is 1. The van der Waals surface area contributed by atoms with Gasteiger partial charge in [0.05, 0.1) is 17.5 Å². The van der Waals surface area contributed by atoms with Crippen LogP contribution in [-0.4, -0.2) is 25.3 Å². The summed E-state index contributed by atoms with van der Waals surface area (Å²) in [6.45, 7) is 0.487. The summed E-state index contributed by atoms with van der Waals surface area (Å²) in [7, 11) is 1.50. The molecule has 0 aliphatic rings. The first-order valence-corrected chi connectivity index (χ1v) is 5.54. The quantitative estimate of drug-likeness (QED) is 0.848. The monoisotopic (exact) mass is 262 g/mol. The minimum Gasteiger partial charge on any atom is -0.488 e. The van der Waals surface area contributed by atoms with E-state index in [0.717, 1.165) is 0 Å². The van der Waals surface area contributed by atoms with E-state index in [-0.39, 0.29) is 23.3 Å². The first-order chi connectivity index (χ1) is 9.17. The number of pyridine rings is 1. The van der Waals surface area contributed by atoms with Gasteiger partial charge in [0.2, 0.25) is 5.43 Å². The van der Waals surface area contributed by atoms with Crippen molar-refractivity contribution < 1.29 is 13.9 Å². The Bertz CT molecular complexity index is 703. The highest BCUT2D eigenvalue weighted by molar-refractivity contribution is 5.81. The molecule has 98 valence electrons. The summed E-state index contributed by atoms with van der Waals surface area (Å²) < 4.78 is 23.7. The second-order valence-corrected chi connectivity index (χ2v) is 3.81. The number of aromatic nitrogens is 1. The Morgan fingerprint density at radius 3 is 2.89 bits per heavy atom. The maximum Gasteiger partial charge on any atom is 0.207 e. The molecule has 0 bridgehead atoms. The molecule has 0 spiro atoms. The van der Waals surface area contributed by atoms with Gasteiger partial charge in [-0.2, -0.15) is 5.26 Å². The number of nitriles is 1. The second-order valence-electron chi connectivity index (χ2n) is 3.81. The van der Waals surface area contributed by atoms with E-state index in [4.69, 9.17) is 14.7 Å². The summed E-state index contributed by atoms with van der Waals surface area (Å²) >= 11 is 0. The van der Waals surface area contributed by atoms with E-state index in [0.29, 0.717) is 12.1 Å². The van der Waals surface area contributed by atoms with E-state index in [1.807, 2.05) is 0 Å². The van der Waals surface area contributed by atoms with Crippen LogP contribution in [0.5, 0.6) is 5.75 Å². The highest BCUT2D eigenvalue weighted by Gasteiger charge is 2.10. The van der Waals surface area contributed by atoms with E-state index in [1.165, 1.54) is 25.4 Å². The number of aromatic amines is 1. The first-order valence-electron chi connectivity index (χ1n) is 5.54. The lowest BCUT2D eigenvalue weighted by Gasteiger charge is -2.08. The summed E-state index contributed by atoms with van der Waals surface area (Å²) in [6.07, 6.45) is 1.26. The second kappa shape index (κ2) is 5.50. The number of hydrogen-bond acceptors (Lipinski definition) is 4. The standard InChI is InChI=1S/C13H11FN2O3/c1-18-2-3-19-12-4-9-11(5-10(12)14)16-7-8(6-15)13(9)17/h4-5,7H,2-3H2,1H3,(H,16,17). The van der Waals surface area contributed by atoms with E-state index in [9.17, 15) is 9.18 Å². The zero-order valence-corrected chi connectivity index (χ0v) is 10.2. The smallest absolute Gasteiger partial charge is 0.207 e. The van der Waals surface area contributed by atoms with E-state index in [2.05, 4.69) is 4.98 Å². The Kier molecular flexibility index (Phi) is 3.78. The molecule has 1 aromatic carbocycles. The van der Waals surface area contributed by atoms with Crippen molar-refractivity contribution in [2.75, 3.05) is 20.3 Å². The molecule has 6 heteroatoms. The molecular formula is C13H11FN2O3. The Balaban J connectivity index is 2.50. The van der Waals surface area contributed by atoms with Gasteiger partial charge in [-0.15, -0.1) is 0 Å². The lowest BCUT2D eigenvalue weighted by Crippen LogP contribution is -2.09. The summed E-state index contributed by atoms with van der Waals surface area (Å²) in [5, 5.41) is 9.00. The molecule has 1 aromatic heterocycles. The zero-order chi connectivity index (χ0) is 13.8. The molecule has 0 amide bonds. The van der Waals surface area contributed by atoms with Crippen molar-refractivity contribution in [1.82, 2.24) is 4.98 Å². The van der Waals surface area contributed by atoms with Crippen LogP contribution in [-0.2, 0) is 4.74 Å². The van der Waals surface area contributed by atoms with Gasteiger partial charge in [-0.05, 0) is 6.07 Å². The molecule has 19 heavy (non-hydrogen) atoms. The van der Waals surface area contributed by atoms with Crippen molar-refractivity contribution >= 4 is 10.9 Å². The van der Waals surface area contributed by atoms with Crippen molar-refractivity contribution in [2.24, 2.45) is 0 Å². The molecule has 0 aliphatic carbocycles. The molecule has 2 aromatic rings. The van der Waals surface area contributed by atoms with Crippen LogP contribution in [0.4, 0.5) is 4.39 Å². The number of nitrogens with one attached hydrogen (secondary N) is 1. The molecule has 0 unspecified atom stereocenters. The summed E-state index contributed by atoms with van der Waals surface area (Å²) in [5.41, 5.74) is -0.157. The number of nitrogens with zero attached hydrogens (tertiary/aromatic N) is 1. The van der Waals surface area contributed by atoms with Gasteiger partial charge in [0.25, 0.3) is 0 Å². The normalized spacial score (nSPS) is 10.4. The third-order valence-electron chi connectivity index (χ3n) is 2.60. The van der Waals surface area contributed by atoms with Crippen LogP contribution in [0.2, 0.25) is 0 Å². The molecule has 0 aliphatic heterocycles. The van der Waals surface area contributed by atoms with Crippen LogP contribution in [0.25, 0.3) is 10.9 Å². The Morgan fingerprint density at radius 1 is 1.42 bits per heavy atom. The van der Waals surface area contributed by atoms with Gasteiger partial charge in [0.15, 0.2) is 11.6 Å². The van der Waals surface area contributed by atoms with Crippen LogP contribution in [0, 0.1) is 17.1 Å². The third-order valence-corrected chi connectivity index (χ3v) is 2.60. The fourth-order valence-corrected chi connectivity index (χ4v) is 1.65. The highest BCUT2D eigenvalue weighted by atomic mass is 19.1. The molecule has 0 saturated carbocycles. The zero-order valence-electron chi connectivity index (χ0n) is 10.2. The third kappa shape index (κ3) is 2.56. The van der Waals surface area contributed by atoms with Crippen LogP contribution in [0.3, 0.4) is 0 Å². The van der Waals surface area contributed by atoms with Crippen molar-refractivity contribution in [1.29, 1.82) is 5.26 Å². The van der Waals surface area contributed by atoms with Crippen LogP contribution < -0.4 is 10.2 Å². The van der Waals surface area contributed by atoms with Gasteiger partial charge in [-0.1, -0.05) is 0 Å². The number of rotatable bonds is 4. The first kappa shape index (κ1) is 13.1. The lowest BCUT2D eigenvalue weighted by atomic mass is 10.1. The number of ether oxygens (including phenoxy) is 2. The molecule has 1 heterocycles. The SMILES string of the molecule is COCCOc1cc2c(=O)c(C#N)c[nH]c2cc1F. The molecule has 0 fully saturated rings.